The summed E-state index contributed by atoms with van der Waals surface area (Å²) in [4.78, 5) is 12.2. The first kappa shape index (κ1) is 19.0. The summed E-state index contributed by atoms with van der Waals surface area (Å²) in [5.41, 5.74) is 0.772. The predicted molar refractivity (Wildman–Crippen MR) is 97.5 cm³/mol. The van der Waals surface area contributed by atoms with Gasteiger partial charge in [0, 0.05) is 0 Å². The number of hydrogen-bond donors (Lipinski definition) is 0. The number of nitrogens with zero attached hydrogens (tertiary/aromatic N) is 1. The number of esters is 1. The lowest BCUT2D eigenvalue weighted by molar-refractivity contribution is 0.0723. The number of carbonyl (C=O) groups is 1. The van der Waals surface area contributed by atoms with Crippen molar-refractivity contribution in [1.29, 1.82) is 5.26 Å². The number of carbonyl (C=O) groups excluding carboxylic acids is 1. The molecule has 0 saturated heterocycles. The normalized spacial score (nSPS) is 19.3. The van der Waals surface area contributed by atoms with E-state index in [0.717, 1.165) is 43.2 Å². The van der Waals surface area contributed by atoms with Crippen LogP contribution < -0.4 is 4.74 Å². The Morgan fingerprint density at radius 1 is 1.11 bits per heavy atom. The summed E-state index contributed by atoms with van der Waals surface area (Å²) < 4.78 is 33.3. The van der Waals surface area contributed by atoms with E-state index in [2.05, 4.69) is 6.92 Å². The summed E-state index contributed by atoms with van der Waals surface area (Å²) >= 11 is 0. The maximum absolute atomic E-state index is 14.5. The van der Waals surface area contributed by atoms with Crippen molar-refractivity contribution in [3.8, 4) is 11.8 Å². The Morgan fingerprint density at radius 2 is 1.85 bits per heavy atom. The maximum atomic E-state index is 14.5. The summed E-state index contributed by atoms with van der Waals surface area (Å²) in [6.07, 6.45) is 5.52. The van der Waals surface area contributed by atoms with E-state index in [0.29, 0.717) is 5.92 Å². The molecule has 0 spiro atoms. The quantitative estimate of drug-likeness (QED) is 0.510. The van der Waals surface area contributed by atoms with Crippen molar-refractivity contribution in [3.05, 3.63) is 64.7 Å². The molecule has 5 heteroatoms. The summed E-state index contributed by atoms with van der Waals surface area (Å²) in [6, 6.07) is 9.83. The number of ether oxygens (including phenoxy) is 1. The molecule has 3 rings (SSSR count). The second kappa shape index (κ2) is 8.30. The van der Waals surface area contributed by atoms with Gasteiger partial charge in [-0.1, -0.05) is 19.4 Å². The Hall–Kier alpha value is -2.74. The number of rotatable bonds is 4. The molecule has 140 valence electrons. The van der Waals surface area contributed by atoms with Gasteiger partial charge in [0.2, 0.25) is 0 Å². The maximum Gasteiger partial charge on any atom is 0.346 e. The molecule has 0 atom stereocenters. The lowest BCUT2D eigenvalue weighted by atomic mass is 9.78. The van der Waals surface area contributed by atoms with E-state index in [1.54, 1.807) is 12.1 Å². The average Bonchev–Trinajstić information content (AvgIpc) is 2.69. The highest BCUT2D eigenvalue weighted by Gasteiger charge is 2.23. The van der Waals surface area contributed by atoms with Gasteiger partial charge in [0.15, 0.2) is 11.6 Å². The van der Waals surface area contributed by atoms with Gasteiger partial charge >= 0.3 is 5.97 Å². The number of hydrogen-bond acceptors (Lipinski definition) is 3. The third kappa shape index (κ3) is 4.33. The molecule has 1 aliphatic rings. The van der Waals surface area contributed by atoms with Gasteiger partial charge < -0.3 is 4.74 Å². The van der Waals surface area contributed by atoms with E-state index in [1.165, 1.54) is 30.7 Å². The highest BCUT2D eigenvalue weighted by atomic mass is 19.1. The highest BCUT2D eigenvalue weighted by molar-refractivity contribution is 5.91. The van der Waals surface area contributed by atoms with E-state index in [9.17, 15) is 13.6 Å². The molecular formula is C22H21F2NO2. The Kier molecular flexibility index (Phi) is 5.85. The SMILES string of the molecule is CC[C@H]1CC[C@H](c2ccc(C(=O)Oc3ccc(C#N)cc3F)c(F)c2)CC1. The molecule has 1 saturated carbocycles. The van der Waals surface area contributed by atoms with Crippen LogP contribution in [-0.4, -0.2) is 5.97 Å². The Bertz CT molecular complexity index is 880. The largest absolute Gasteiger partial charge is 0.420 e. The minimum Gasteiger partial charge on any atom is -0.420 e. The number of benzene rings is 2. The van der Waals surface area contributed by atoms with Crippen molar-refractivity contribution >= 4 is 5.97 Å². The molecule has 3 nitrogen and oxygen atoms in total. The standard InChI is InChI=1S/C22H21F2NO2/c1-2-14-3-6-16(7-4-14)17-8-9-18(19(23)12-17)22(26)27-21-10-5-15(13-25)11-20(21)24/h5,8-12,14,16H,2-4,6-7H2,1H3/t14-,16-. The fraction of sp³-hybridized carbons (Fsp3) is 0.364. The van der Waals surface area contributed by atoms with Crippen molar-refractivity contribution in [2.24, 2.45) is 5.92 Å². The van der Waals surface area contributed by atoms with E-state index >= 15 is 0 Å². The lowest BCUT2D eigenvalue weighted by Gasteiger charge is -2.28. The van der Waals surface area contributed by atoms with Crippen LogP contribution in [0, 0.1) is 28.9 Å². The molecule has 27 heavy (non-hydrogen) atoms. The van der Waals surface area contributed by atoms with E-state index < -0.39 is 17.6 Å². The van der Waals surface area contributed by atoms with Crippen molar-refractivity contribution in [1.82, 2.24) is 0 Å². The summed E-state index contributed by atoms with van der Waals surface area (Å²) in [7, 11) is 0. The Balaban J connectivity index is 1.72. The molecule has 0 unspecified atom stereocenters. The zero-order valence-electron chi connectivity index (χ0n) is 15.2. The molecule has 0 amide bonds. The van der Waals surface area contributed by atoms with E-state index in [1.807, 2.05) is 0 Å². The van der Waals surface area contributed by atoms with Gasteiger partial charge in [-0.15, -0.1) is 0 Å². The van der Waals surface area contributed by atoms with Gasteiger partial charge in [-0.3, -0.25) is 0 Å². The van der Waals surface area contributed by atoms with Gasteiger partial charge in [-0.05, 0) is 73.4 Å². The van der Waals surface area contributed by atoms with E-state index in [-0.39, 0.29) is 16.9 Å². The Labute approximate surface area is 157 Å². The zero-order valence-corrected chi connectivity index (χ0v) is 15.2. The molecule has 0 N–H and O–H groups in total. The summed E-state index contributed by atoms with van der Waals surface area (Å²) in [5, 5.41) is 8.74. The second-order valence-electron chi connectivity index (χ2n) is 7.01. The third-order valence-corrected chi connectivity index (χ3v) is 5.37. The van der Waals surface area contributed by atoms with Crippen molar-refractivity contribution < 1.29 is 18.3 Å². The van der Waals surface area contributed by atoms with Crippen LogP contribution in [0.4, 0.5) is 8.78 Å². The minimum absolute atomic E-state index is 0.112. The molecule has 2 aromatic rings. The smallest absolute Gasteiger partial charge is 0.346 e. The summed E-state index contributed by atoms with van der Waals surface area (Å²) in [5.74, 6) is -1.74. The van der Waals surface area contributed by atoms with Crippen LogP contribution in [0.5, 0.6) is 5.75 Å². The van der Waals surface area contributed by atoms with Crippen LogP contribution in [0.2, 0.25) is 0 Å². The molecule has 0 bridgehead atoms. The molecule has 0 radical (unpaired) electrons. The second-order valence-corrected chi connectivity index (χ2v) is 7.01. The van der Waals surface area contributed by atoms with Crippen LogP contribution in [0.3, 0.4) is 0 Å². The topological polar surface area (TPSA) is 50.1 Å². The van der Waals surface area contributed by atoms with Gasteiger partial charge in [0.05, 0.1) is 17.2 Å². The van der Waals surface area contributed by atoms with E-state index in [4.69, 9.17) is 10.00 Å². The van der Waals surface area contributed by atoms with Gasteiger partial charge in [0.25, 0.3) is 0 Å². The zero-order chi connectivity index (χ0) is 19.4. The number of nitriles is 1. The molecule has 1 fully saturated rings. The van der Waals surface area contributed by atoms with Crippen molar-refractivity contribution in [2.45, 2.75) is 44.9 Å². The number of halogens is 2. The molecular weight excluding hydrogens is 348 g/mol. The Morgan fingerprint density at radius 3 is 2.44 bits per heavy atom. The van der Waals surface area contributed by atoms with Crippen LogP contribution in [0.15, 0.2) is 36.4 Å². The van der Waals surface area contributed by atoms with Crippen LogP contribution >= 0.6 is 0 Å². The first-order valence-electron chi connectivity index (χ1n) is 9.23. The van der Waals surface area contributed by atoms with Crippen LogP contribution in [0.1, 0.15) is 66.4 Å². The van der Waals surface area contributed by atoms with Gasteiger partial charge in [-0.2, -0.15) is 5.26 Å². The fourth-order valence-corrected chi connectivity index (χ4v) is 3.66. The molecule has 0 heterocycles. The fourth-order valence-electron chi connectivity index (χ4n) is 3.66. The van der Waals surface area contributed by atoms with Crippen molar-refractivity contribution in [2.75, 3.05) is 0 Å². The predicted octanol–water partition coefficient (Wildman–Crippen LogP) is 5.74. The van der Waals surface area contributed by atoms with Crippen molar-refractivity contribution in [3.63, 3.8) is 0 Å². The molecule has 0 aromatic heterocycles. The first-order valence-corrected chi connectivity index (χ1v) is 9.23. The lowest BCUT2D eigenvalue weighted by Crippen LogP contribution is -2.15. The third-order valence-electron chi connectivity index (χ3n) is 5.37. The molecule has 2 aromatic carbocycles. The highest BCUT2D eigenvalue weighted by Crippen LogP contribution is 2.37. The first-order chi connectivity index (χ1) is 13.0. The average molecular weight is 369 g/mol. The van der Waals surface area contributed by atoms with Gasteiger partial charge in [0.1, 0.15) is 5.82 Å². The van der Waals surface area contributed by atoms with Gasteiger partial charge in [-0.25, -0.2) is 13.6 Å². The van der Waals surface area contributed by atoms with Crippen LogP contribution in [0.25, 0.3) is 0 Å². The molecule has 0 aliphatic heterocycles. The minimum atomic E-state index is -0.961. The summed E-state index contributed by atoms with van der Waals surface area (Å²) in [6.45, 7) is 2.20. The monoisotopic (exact) mass is 369 g/mol. The van der Waals surface area contributed by atoms with Crippen LogP contribution in [-0.2, 0) is 0 Å². The molecule has 1 aliphatic carbocycles.